The Balaban J connectivity index is 1.52. The molecule has 0 aliphatic carbocycles. The molecular formula is C22H28N6O3. The quantitative estimate of drug-likeness (QED) is 0.704. The van der Waals surface area contributed by atoms with Crippen LogP contribution in [-0.2, 0) is 4.74 Å². The predicted octanol–water partition coefficient (Wildman–Crippen LogP) is 2.78. The van der Waals surface area contributed by atoms with Crippen LogP contribution >= 0.6 is 0 Å². The van der Waals surface area contributed by atoms with Crippen LogP contribution in [0, 0.1) is 6.92 Å². The molecule has 1 saturated heterocycles. The van der Waals surface area contributed by atoms with Gasteiger partial charge in [0.2, 0.25) is 6.23 Å². The van der Waals surface area contributed by atoms with Crippen molar-refractivity contribution in [3.05, 3.63) is 47.7 Å². The summed E-state index contributed by atoms with van der Waals surface area (Å²) >= 11 is 0. The first-order valence-corrected chi connectivity index (χ1v) is 10.8. The number of carbonyl (C=O) groups is 2. The van der Waals surface area contributed by atoms with Gasteiger partial charge in [-0.15, -0.1) is 0 Å². The lowest BCUT2D eigenvalue weighted by Gasteiger charge is -2.30. The highest BCUT2D eigenvalue weighted by Crippen LogP contribution is 2.35. The van der Waals surface area contributed by atoms with Crippen molar-refractivity contribution in [1.29, 1.82) is 0 Å². The number of ether oxygens (including phenoxy) is 1. The summed E-state index contributed by atoms with van der Waals surface area (Å²) in [5, 5.41) is 0. The summed E-state index contributed by atoms with van der Waals surface area (Å²) in [6.45, 7) is 7.88. The Kier molecular flexibility index (Phi) is 6.41. The summed E-state index contributed by atoms with van der Waals surface area (Å²) in [5.74, 6) is 0.0122. The van der Waals surface area contributed by atoms with E-state index in [9.17, 15) is 9.59 Å². The molecule has 9 nitrogen and oxygen atoms in total. The van der Waals surface area contributed by atoms with Crippen LogP contribution in [0.1, 0.15) is 54.2 Å². The number of aromatic nitrogens is 3. The first kappa shape index (κ1) is 21.2. The average molecular weight is 425 g/mol. The van der Waals surface area contributed by atoms with Gasteiger partial charge in [0.25, 0.3) is 5.91 Å². The minimum absolute atomic E-state index is 0.180. The highest BCUT2D eigenvalue weighted by atomic mass is 16.6. The number of likely N-dealkylation sites (tertiary alicyclic amines) is 1. The monoisotopic (exact) mass is 424 g/mol. The smallest absolute Gasteiger partial charge is 0.412 e. The summed E-state index contributed by atoms with van der Waals surface area (Å²) in [4.78, 5) is 44.2. The molecule has 0 unspecified atom stereocenters. The molecule has 31 heavy (non-hydrogen) atoms. The van der Waals surface area contributed by atoms with E-state index in [-0.39, 0.29) is 11.6 Å². The van der Waals surface area contributed by atoms with Gasteiger partial charge in [0, 0.05) is 38.2 Å². The van der Waals surface area contributed by atoms with Gasteiger partial charge in [0.15, 0.2) is 5.69 Å². The molecule has 2 aliphatic heterocycles. The van der Waals surface area contributed by atoms with E-state index < -0.39 is 12.3 Å². The number of anilines is 1. The topological polar surface area (TPSA) is 91.8 Å². The lowest BCUT2D eigenvalue weighted by Crippen LogP contribution is -2.42. The van der Waals surface area contributed by atoms with E-state index in [1.165, 1.54) is 36.6 Å². The lowest BCUT2D eigenvalue weighted by atomic mass is 10.1. The van der Waals surface area contributed by atoms with Gasteiger partial charge in [-0.05, 0) is 51.4 Å². The van der Waals surface area contributed by atoms with Crippen LogP contribution in [0.15, 0.2) is 30.7 Å². The highest BCUT2D eigenvalue weighted by molar-refractivity contribution is 6.08. The van der Waals surface area contributed by atoms with Gasteiger partial charge >= 0.3 is 6.09 Å². The molecule has 0 radical (unpaired) electrons. The van der Waals surface area contributed by atoms with Crippen molar-refractivity contribution >= 4 is 17.8 Å². The van der Waals surface area contributed by atoms with Crippen molar-refractivity contribution in [2.75, 3.05) is 37.6 Å². The molecule has 0 N–H and O–H groups in total. The zero-order valence-electron chi connectivity index (χ0n) is 18.0. The van der Waals surface area contributed by atoms with Crippen LogP contribution in [0.5, 0.6) is 0 Å². The molecule has 164 valence electrons. The molecule has 1 fully saturated rings. The fraction of sp³-hybridized carbons (Fsp3) is 0.500. The molecular weight excluding hydrogens is 396 g/mol. The fourth-order valence-corrected chi connectivity index (χ4v) is 3.97. The van der Waals surface area contributed by atoms with Gasteiger partial charge in [-0.1, -0.05) is 12.5 Å². The number of pyridine rings is 1. The van der Waals surface area contributed by atoms with Gasteiger partial charge < -0.3 is 14.5 Å². The van der Waals surface area contributed by atoms with Crippen LogP contribution in [0.2, 0.25) is 0 Å². The molecule has 4 heterocycles. The molecule has 1 atom stereocenters. The van der Waals surface area contributed by atoms with Crippen LogP contribution in [0.3, 0.4) is 0 Å². The Morgan fingerprint density at radius 2 is 1.94 bits per heavy atom. The Labute approximate surface area is 182 Å². The molecule has 9 heteroatoms. The second-order valence-electron chi connectivity index (χ2n) is 7.88. The Morgan fingerprint density at radius 3 is 2.65 bits per heavy atom. The largest absolute Gasteiger partial charge is 0.419 e. The third kappa shape index (κ3) is 4.51. The van der Waals surface area contributed by atoms with Crippen LogP contribution in [0.4, 0.5) is 10.6 Å². The van der Waals surface area contributed by atoms with Gasteiger partial charge in [0.1, 0.15) is 11.5 Å². The third-order valence-corrected chi connectivity index (χ3v) is 5.75. The van der Waals surface area contributed by atoms with Crippen LogP contribution in [-0.4, -0.2) is 69.5 Å². The molecule has 0 spiro atoms. The molecule has 4 rings (SSSR count). The number of piperidine rings is 1. The van der Waals surface area contributed by atoms with Gasteiger partial charge in [-0.25, -0.2) is 19.7 Å². The molecule has 2 aromatic rings. The SMILES string of the molecule is CCN(CCN1CCCCC1)C(=O)O[C@@H]1c2nccnc2C(=O)N1c1ccc(C)cn1. The van der Waals surface area contributed by atoms with E-state index in [1.54, 1.807) is 17.2 Å². The lowest BCUT2D eigenvalue weighted by molar-refractivity contribution is 0.0572. The minimum Gasteiger partial charge on any atom is -0.419 e. The normalized spacial score (nSPS) is 18.7. The average Bonchev–Trinajstić information content (AvgIpc) is 3.07. The number of amides is 2. The molecule has 2 amide bonds. The third-order valence-electron chi connectivity index (χ3n) is 5.75. The van der Waals surface area contributed by atoms with E-state index in [1.807, 2.05) is 19.9 Å². The predicted molar refractivity (Wildman–Crippen MR) is 115 cm³/mol. The van der Waals surface area contributed by atoms with Crippen molar-refractivity contribution < 1.29 is 14.3 Å². The van der Waals surface area contributed by atoms with E-state index in [0.717, 1.165) is 25.2 Å². The Bertz CT molecular complexity index is 929. The molecule has 2 aromatic heterocycles. The number of nitrogens with zero attached hydrogens (tertiary/aromatic N) is 6. The summed E-state index contributed by atoms with van der Waals surface area (Å²) in [5.41, 5.74) is 1.47. The summed E-state index contributed by atoms with van der Waals surface area (Å²) in [6, 6.07) is 3.59. The van der Waals surface area contributed by atoms with Gasteiger partial charge in [-0.3, -0.25) is 9.78 Å². The first-order valence-electron chi connectivity index (χ1n) is 10.8. The maximum absolute atomic E-state index is 13.0. The summed E-state index contributed by atoms with van der Waals surface area (Å²) < 4.78 is 5.83. The van der Waals surface area contributed by atoms with Crippen molar-refractivity contribution in [3.8, 4) is 0 Å². The number of rotatable bonds is 6. The van der Waals surface area contributed by atoms with Gasteiger partial charge in [0.05, 0.1) is 0 Å². The standard InChI is InChI=1S/C22H28N6O3/c1-3-27(14-13-26-11-5-4-6-12-26)22(30)31-21-19-18(23-9-10-24-19)20(29)28(21)17-8-7-16(2)15-25-17/h7-10,15,21H,3-6,11-14H2,1-2H3/t21-/m1/s1. The number of fused-ring (bicyclic) bond motifs is 1. The highest BCUT2D eigenvalue weighted by Gasteiger charge is 2.44. The van der Waals surface area contributed by atoms with Crippen molar-refractivity contribution in [3.63, 3.8) is 0 Å². The molecule has 0 aromatic carbocycles. The van der Waals surface area contributed by atoms with Crippen LogP contribution in [0.25, 0.3) is 0 Å². The Morgan fingerprint density at radius 1 is 1.16 bits per heavy atom. The van der Waals surface area contributed by atoms with Crippen molar-refractivity contribution in [1.82, 2.24) is 24.8 Å². The molecule has 0 bridgehead atoms. The molecule has 0 saturated carbocycles. The number of hydrogen-bond acceptors (Lipinski definition) is 7. The number of likely N-dealkylation sites (N-methyl/N-ethyl adjacent to an activating group) is 1. The van der Waals surface area contributed by atoms with Crippen molar-refractivity contribution in [2.45, 2.75) is 39.3 Å². The Hall–Kier alpha value is -3.07. The summed E-state index contributed by atoms with van der Waals surface area (Å²) in [7, 11) is 0. The van der Waals surface area contributed by atoms with E-state index in [4.69, 9.17) is 4.74 Å². The van der Waals surface area contributed by atoms with Gasteiger partial charge in [-0.2, -0.15) is 0 Å². The minimum atomic E-state index is -0.997. The molecule has 2 aliphatic rings. The summed E-state index contributed by atoms with van der Waals surface area (Å²) in [6.07, 6.45) is 6.82. The van der Waals surface area contributed by atoms with E-state index in [0.29, 0.717) is 24.6 Å². The zero-order chi connectivity index (χ0) is 21.8. The second kappa shape index (κ2) is 9.38. The number of hydrogen-bond donors (Lipinski definition) is 0. The zero-order valence-corrected chi connectivity index (χ0v) is 18.0. The van der Waals surface area contributed by atoms with E-state index >= 15 is 0 Å². The fourth-order valence-electron chi connectivity index (χ4n) is 3.97. The maximum Gasteiger partial charge on any atom is 0.412 e. The van der Waals surface area contributed by atoms with E-state index in [2.05, 4.69) is 19.9 Å². The van der Waals surface area contributed by atoms with Crippen molar-refractivity contribution in [2.24, 2.45) is 0 Å². The maximum atomic E-state index is 13.0. The number of carbonyl (C=O) groups excluding carboxylic acids is 2. The number of aryl methyl sites for hydroxylation is 1. The second-order valence-corrected chi connectivity index (χ2v) is 7.88. The van der Waals surface area contributed by atoms with Crippen LogP contribution < -0.4 is 4.90 Å². The first-order chi connectivity index (χ1) is 15.1.